The average Bonchev–Trinajstić information content (AvgIpc) is 2.55. The van der Waals surface area contributed by atoms with E-state index in [2.05, 4.69) is 5.32 Å². The Hall–Kier alpha value is -2.22. The summed E-state index contributed by atoms with van der Waals surface area (Å²) in [5, 5.41) is 12.4. The van der Waals surface area contributed by atoms with Crippen LogP contribution in [0.25, 0.3) is 6.08 Å². The van der Waals surface area contributed by atoms with E-state index >= 15 is 0 Å². The maximum atomic E-state index is 12.1. The van der Waals surface area contributed by atoms with Gasteiger partial charge < -0.3 is 5.32 Å². The molecule has 1 amide bonds. The molecule has 3 nitrogen and oxygen atoms in total. The number of hydrogen-bond donors (Lipinski definition) is 1. The molecule has 0 fully saturated rings. The Morgan fingerprint density at radius 1 is 1.18 bits per heavy atom. The van der Waals surface area contributed by atoms with E-state index in [0.29, 0.717) is 10.7 Å². The normalized spacial score (nSPS) is 10.9. The van der Waals surface area contributed by atoms with E-state index in [1.807, 2.05) is 36.6 Å². The molecule has 5 heteroatoms. The molecule has 0 unspecified atom stereocenters. The first-order chi connectivity index (χ1) is 10.6. The molecule has 2 aromatic carbocycles. The molecule has 2 aromatic rings. The summed E-state index contributed by atoms with van der Waals surface area (Å²) in [4.78, 5) is 13.2. The van der Waals surface area contributed by atoms with Crippen molar-refractivity contribution in [3.05, 3.63) is 64.7 Å². The lowest BCUT2D eigenvalue weighted by Crippen LogP contribution is -2.13. The first-order valence-corrected chi connectivity index (χ1v) is 8.05. The standard InChI is InChI=1S/C17H13ClN2OS/c1-22-16-8-2-12(3-9-16)10-13(11-19)17(21)20-15-6-4-14(18)5-7-15/h2-10H,1H3,(H,20,21)/b13-10+. The van der Waals surface area contributed by atoms with Gasteiger partial charge in [0.1, 0.15) is 11.6 Å². The van der Waals surface area contributed by atoms with E-state index in [1.165, 1.54) is 0 Å². The van der Waals surface area contributed by atoms with Gasteiger partial charge in [-0.3, -0.25) is 4.79 Å². The molecule has 22 heavy (non-hydrogen) atoms. The van der Waals surface area contributed by atoms with Gasteiger partial charge in [-0.05, 0) is 54.3 Å². The van der Waals surface area contributed by atoms with E-state index in [9.17, 15) is 10.1 Å². The van der Waals surface area contributed by atoms with Crippen LogP contribution >= 0.6 is 23.4 Å². The summed E-state index contributed by atoms with van der Waals surface area (Å²) in [5.74, 6) is -0.446. The first kappa shape index (κ1) is 16.2. The van der Waals surface area contributed by atoms with Crippen LogP contribution < -0.4 is 5.32 Å². The molecule has 1 N–H and O–H groups in total. The third-order valence-electron chi connectivity index (χ3n) is 2.89. The first-order valence-electron chi connectivity index (χ1n) is 6.45. The van der Waals surface area contributed by atoms with Crippen molar-refractivity contribution in [2.75, 3.05) is 11.6 Å². The molecule has 0 aromatic heterocycles. The van der Waals surface area contributed by atoms with E-state index in [1.54, 1.807) is 42.1 Å². The number of rotatable bonds is 4. The summed E-state index contributed by atoms with van der Waals surface area (Å²) < 4.78 is 0. The smallest absolute Gasteiger partial charge is 0.266 e. The highest BCUT2D eigenvalue weighted by Crippen LogP contribution is 2.18. The Labute approximate surface area is 138 Å². The average molecular weight is 329 g/mol. The summed E-state index contributed by atoms with van der Waals surface area (Å²) in [6.45, 7) is 0. The Morgan fingerprint density at radius 2 is 1.82 bits per heavy atom. The molecule has 0 bridgehead atoms. The molecule has 110 valence electrons. The number of nitriles is 1. The number of anilines is 1. The van der Waals surface area contributed by atoms with Crippen LogP contribution in [0.15, 0.2) is 59.0 Å². The van der Waals surface area contributed by atoms with Gasteiger partial charge in [0.2, 0.25) is 0 Å². The molecule has 0 saturated heterocycles. The fraction of sp³-hybridized carbons (Fsp3) is 0.0588. The van der Waals surface area contributed by atoms with Crippen molar-refractivity contribution in [1.29, 1.82) is 5.26 Å². The Balaban J connectivity index is 2.15. The molecule has 0 spiro atoms. The van der Waals surface area contributed by atoms with E-state index in [4.69, 9.17) is 11.6 Å². The molecule has 2 rings (SSSR count). The summed E-state index contributed by atoms with van der Waals surface area (Å²) >= 11 is 7.43. The van der Waals surface area contributed by atoms with Crippen molar-refractivity contribution in [3.8, 4) is 6.07 Å². The Morgan fingerprint density at radius 3 is 2.36 bits per heavy atom. The molecule has 0 radical (unpaired) electrons. The molecule has 0 aliphatic carbocycles. The monoisotopic (exact) mass is 328 g/mol. The Bertz CT molecular complexity index is 731. The third-order valence-corrected chi connectivity index (χ3v) is 3.89. The molecule has 0 saturated carbocycles. The summed E-state index contributed by atoms with van der Waals surface area (Å²) in [5.41, 5.74) is 1.45. The number of hydrogen-bond acceptors (Lipinski definition) is 3. The highest BCUT2D eigenvalue weighted by molar-refractivity contribution is 7.98. The van der Waals surface area contributed by atoms with Crippen molar-refractivity contribution in [3.63, 3.8) is 0 Å². The number of amides is 1. The van der Waals surface area contributed by atoms with Crippen LogP contribution in [0.2, 0.25) is 5.02 Å². The highest BCUT2D eigenvalue weighted by atomic mass is 35.5. The van der Waals surface area contributed by atoms with Gasteiger partial charge in [0.25, 0.3) is 5.91 Å². The van der Waals surface area contributed by atoms with Crippen LogP contribution in [-0.4, -0.2) is 12.2 Å². The number of thioether (sulfide) groups is 1. The van der Waals surface area contributed by atoms with Crippen LogP contribution in [0.4, 0.5) is 5.69 Å². The minimum atomic E-state index is -0.446. The van der Waals surface area contributed by atoms with Crippen molar-refractivity contribution in [2.24, 2.45) is 0 Å². The quantitative estimate of drug-likeness (QED) is 0.506. The molecule has 0 heterocycles. The minimum Gasteiger partial charge on any atom is -0.321 e. The molecular weight excluding hydrogens is 316 g/mol. The fourth-order valence-electron chi connectivity index (χ4n) is 1.75. The lowest BCUT2D eigenvalue weighted by atomic mass is 10.1. The van der Waals surface area contributed by atoms with E-state index in [-0.39, 0.29) is 5.57 Å². The lowest BCUT2D eigenvalue weighted by Gasteiger charge is -2.04. The second kappa shape index (κ2) is 7.69. The van der Waals surface area contributed by atoms with E-state index < -0.39 is 5.91 Å². The fourth-order valence-corrected chi connectivity index (χ4v) is 2.28. The number of nitrogens with zero attached hydrogens (tertiary/aromatic N) is 1. The largest absolute Gasteiger partial charge is 0.321 e. The summed E-state index contributed by atoms with van der Waals surface area (Å²) in [6, 6.07) is 16.3. The zero-order valence-corrected chi connectivity index (χ0v) is 13.4. The predicted octanol–water partition coefficient (Wildman–Crippen LogP) is 4.61. The molecule has 0 atom stereocenters. The Kier molecular flexibility index (Phi) is 5.65. The zero-order chi connectivity index (χ0) is 15.9. The second-order valence-electron chi connectivity index (χ2n) is 4.40. The second-order valence-corrected chi connectivity index (χ2v) is 5.72. The number of nitrogens with one attached hydrogen (secondary N) is 1. The molecular formula is C17H13ClN2OS. The topological polar surface area (TPSA) is 52.9 Å². The van der Waals surface area contributed by atoms with Gasteiger partial charge in [-0.15, -0.1) is 11.8 Å². The maximum Gasteiger partial charge on any atom is 0.266 e. The van der Waals surface area contributed by atoms with Gasteiger partial charge in [0.15, 0.2) is 0 Å². The number of carbonyl (C=O) groups excluding carboxylic acids is 1. The maximum absolute atomic E-state index is 12.1. The zero-order valence-electron chi connectivity index (χ0n) is 11.8. The van der Waals surface area contributed by atoms with Gasteiger partial charge in [0, 0.05) is 15.6 Å². The van der Waals surface area contributed by atoms with Gasteiger partial charge in [-0.2, -0.15) is 5.26 Å². The molecule has 0 aliphatic heterocycles. The van der Waals surface area contributed by atoms with Crippen LogP contribution in [0.5, 0.6) is 0 Å². The summed E-state index contributed by atoms with van der Waals surface area (Å²) in [6.07, 6.45) is 3.56. The van der Waals surface area contributed by atoms with Gasteiger partial charge in [-0.25, -0.2) is 0 Å². The van der Waals surface area contributed by atoms with Crippen LogP contribution in [0, 0.1) is 11.3 Å². The SMILES string of the molecule is CSc1ccc(/C=C(\C#N)C(=O)Nc2ccc(Cl)cc2)cc1. The van der Waals surface area contributed by atoms with Crippen molar-refractivity contribution in [1.82, 2.24) is 0 Å². The number of halogens is 1. The minimum absolute atomic E-state index is 0.0480. The van der Waals surface area contributed by atoms with Crippen LogP contribution in [-0.2, 0) is 4.79 Å². The van der Waals surface area contributed by atoms with Crippen molar-refractivity contribution < 1.29 is 4.79 Å². The van der Waals surface area contributed by atoms with Gasteiger partial charge in [-0.1, -0.05) is 23.7 Å². The number of carbonyl (C=O) groups is 1. The molecule has 0 aliphatic rings. The third kappa shape index (κ3) is 4.39. The van der Waals surface area contributed by atoms with Crippen molar-refractivity contribution in [2.45, 2.75) is 4.90 Å². The van der Waals surface area contributed by atoms with Crippen LogP contribution in [0.1, 0.15) is 5.56 Å². The van der Waals surface area contributed by atoms with E-state index in [0.717, 1.165) is 10.5 Å². The van der Waals surface area contributed by atoms with Crippen molar-refractivity contribution >= 4 is 41.0 Å². The highest BCUT2D eigenvalue weighted by Gasteiger charge is 2.09. The van der Waals surface area contributed by atoms with Crippen LogP contribution in [0.3, 0.4) is 0 Å². The van der Waals surface area contributed by atoms with Gasteiger partial charge in [0.05, 0.1) is 0 Å². The van der Waals surface area contributed by atoms with Gasteiger partial charge >= 0.3 is 0 Å². The predicted molar refractivity (Wildman–Crippen MR) is 91.9 cm³/mol. The summed E-state index contributed by atoms with van der Waals surface area (Å²) in [7, 11) is 0. The number of benzene rings is 2. The lowest BCUT2D eigenvalue weighted by molar-refractivity contribution is -0.112.